The van der Waals surface area contributed by atoms with Crippen molar-refractivity contribution in [2.75, 3.05) is 24.5 Å². The van der Waals surface area contributed by atoms with Crippen molar-refractivity contribution in [3.05, 3.63) is 101 Å². The Hall–Kier alpha value is -3.83. The number of nitrogens with one attached hydrogen (secondary N) is 1. The van der Waals surface area contributed by atoms with Gasteiger partial charge in [-0.05, 0) is 61.6 Å². The predicted molar refractivity (Wildman–Crippen MR) is 152 cm³/mol. The van der Waals surface area contributed by atoms with Gasteiger partial charge in [-0.15, -0.1) is 0 Å². The molecule has 0 bridgehead atoms. The third kappa shape index (κ3) is 5.69. The molecule has 41 heavy (non-hydrogen) atoms. The van der Waals surface area contributed by atoms with Crippen LogP contribution in [0.1, 0.15) is 53.2 Å². The average Bonchev–Trinajstić information content (AvgIpc) is 3.62. The van der Waals surface area contributed by atoms with Gasteiger partial charge in [0.25, 0.3) is 5.91 Å². The molecule has 11 heteroatoms. The van der Waals surface area contributed by atoms with Crippen LogP contribution in [0.2, 0.25) is 0 Å². The lowest BCUT2D eigenvalue weighted by Crippen LogP contribution is -2.46. The second-order valence-corrected chi connectivity index (χ2v) is 12.6. The zero-order chi connectivity index (χ0) is 28.6. The molecule has 2 aliphatic heterocycles. The van der Waals surface area contributed by atoms with Gasteiger partial charge in [0, 0.05) is 43.1 Å². The summed E-state index contributed by atoms with van der Waals surface area (Å²) in [5.41, 5.74) is 2.88. The summed E-state index contributed by atoms with van der Waals surface area (Å²) in [6, 6.07) is 15.9. The normalized spacial score (nSPS) is 18.7. The molecule has 4 aromatic rings. The van der Waals surface area contributed by atoms with Crippen molar-refractivity contribution < 1.29 is 22.0 Å². The molecule has 8 nitrogen and oxygen atoms in total. The van der Waals surface area contributed by atoms with E-state index >= 15 is 0 Å². The Morgan fingerprint density at radius 2 is 1.76 bits per heavy atom. The second kappa shape index (κ2) is 11.2. The van der Waals surface area contributed by atoms with Gasteiger partial charge in [-0.2, -0.15) is 5.10 Å². The summed E-state index contributed by atoms with van der Waals surface area (Å²) in [4.78, 5) is 15.3. The zero-order valence-corrected chi connectivity index (χ0v) is 23.2. The van der Waals surface area contributed by atoms with Gasteiger partial charge >= 0.3 is 0 Å². The summed E-state index contributed by atoms with van der Waals surface area (Å²) in [7, 11) is -3.44. The Balaban J connectivity index is 1.14. The number of benzene rings is 2. The van der Waals surface area contributed by atoms with Crippen LogP contribution in [0.5, 0.6) is 0 Å². The number of rotatable bonds is 7. The number of fused-ring (bicyclic) bond motifs is 1. The third-order valence-corrected chi connectivity index (χ3v) is 9.88. The van der Waals surface area contributed by atoms with Gasteiger partial charge in [-0.3, -0.25) is 4.79 Å². The molecule has 6 rings (SSSR count). The zero-order valence-electron chi connectivity index (χ0n) is 22.4. The minimum Gasteiger partial charge on any atom is -0.364 e. The standard InChI is InChI=1S/C30H31F2N5O3S/c31-22-8-9-27(32)25(17-22)28-7-4-13-36(28)24-12-16-37-29(18-24)26(19-33-37)30(38)34-23-10-14-35(15-11-23)41(39,40)20-21-5-2-1-3-6-21/h1-3,5-6,8-9,12,16-19,23,28H,4,7,10-11,13-15,20H2,(H,34,38)/t28-/m1/s1. The van der Waals surface area contributed by atoms with E-state index in [4.69, 9.17) is 0 Å². The predicted octanol–water partition coefficient (Wildman–Crippen LogP) is 4.68. The Morgan fingerprint density at radius 1 is 0.976 bits per heavy atom. The van der Waals surface area contributed by atoms with Crippen molar-refractivity contribution in [3.8, 4) is 0 Å². The number of aromatic nitrogens is 2. The summed E-state index contributed by atoms with van der Waals surface area (Å²) in [6.07, 6.45) is 5.82. The van der Waals surface area contributed by atoms with E-state index in [9.17, 15) is 22.0 Å². The number of pyridine rings is 1. The Labute approximate surface area is 237 Å². The first-order valence-electron chi connectivity index (χ1n) is 13.8. The van der Waals surface area contributed by atoms with Crippen LogP contribution < -0.4 is 10.2 Å². The molecule has 0 unspecified atom stereocenters. The van der Waals surface area contributed by atoms with E-state index in [0.29, 0.717) is 55.5 Å². The molecule has 1 N–H and O–H groups in total. The maximum atomic E-state index is 14.6. The molecule has 214 valence electrons. The monoisotopic (exact) mass is 579 g/mol. The van der Waals surface area contributed by atoms with Gasteiger partial charge in [0.05, 0.1) is 29.1 Å². The molecule has 0 spiro atoms. The van der Waals surface area contributed by atoms with Crippen molar-refractivity contribution in [1.29, 1.82) is 0 Å². The maximum Gasteiger partial charge on any atom is 0.255 e. The fraction of sp³-hybridized carbons (Fsp3) is 0.333. The van der Waals surface area contributed by atoms with Crippen LogP contribution in [0.25, 0.3) is 5.52 Å². The molecule has 0 aliphatic carbocycles. The summed E-state index contributed by atoms with van der Waals surface area (Å²) >= 11 is 0. The first-order valence-corrected chi connectivity index (χ1v) is 15.4. The third-order valence-electron chi connectivity index (χ3n) is 8.03. The molecular formula is C30H31F2N5O3S. The van der Waals surface area contributed by atoms with E-state index in [1.54, 1.807) is 22.8 Å². The minimum atomic E-state index is -3.44. The second-order valence-electron chi connectivity index (χ2n) is 10.7. The average molecular weight is 580 g/mol. The van der Waals surface area contributed by atoms with Gasteiger partial charge < -0.3 is 10.2 Å². The fourth-order valence-electron chi connectivity index (χ4n) is 5.91. The molecular weight excluding hydrogens is 548 g/mol. The first-order chi connectivity index (χ1) is 19.8. The van der Waals surface area contributed by atoms with Gasteiger partial charge in [0.2, 0.25) is 10.0 Å². The molecule has 0 saturated carbocycles. The topological polar surface area (TPSA) is 87.0 Å². The smallest absolute Gasteiger partial charge is 0.255 e. The number of carbonyl (C=O) groups is 1. The Kier molecular flexibility index (Phi) is 7.48. The number of carbonyl (C=O) groups excluding carboxylic acids is 1. The summed E-state index contributed by atoms with van der Waals surface area (Å²) in [5.74, 6) is -1.23. The van der Waals surface area contributed by atoms with Crippen LogP contribution in [-0.2, 0) is 15.8 Å². The summed E-state index contributed by atoms with van der Waals surface area (Å²) < 4.78 is 57.4. The number of hydrogen-bond donors (Lipinski definition) is 1. The maximum absolute atomic E-state index is 14.6. The largest absolute Gasteiger partial charge is 0.364 e. The van der Waals surface area contributed by atoms with Crippen LogP contribution in [0.3, 0.4) is 0 Å². The highest BCUT2D eigenvalue weighted by Gasteiger charge is 2.31. The Bertz CT molecular complexity index is 1670. The molecule has 4 heterocycles. The number of nitrogens with zero attached hydrogens (tertiary/aromatic N) is 4. The highest BCUT2D eigenvalue weighted by Crippen LogP contribution is 2.38. The van der Waals surface area contributed by atoms with Crippen molar-refractivity contribution in [2.24, 2.45) is 0 Å². The van der Waals surface area contributed by atoms with Crippen LogP contribution >= 0.6 is 0 Å². The van der Waals surface area contributed by atoms with Crippen molar-refractivity contribution >= 4 is 27.1 Å². The lowest BCUT2D eigenvalue weighted by Gasteiger charge is -2.31. The van der Waals surface area contributed by atoms with E-state index in [1.165, 1.54) is 16.6 Å². The van der Waals surface area contributed by atoms with Crippen molar-refractivity contribution in [1.82, 2.24) is 19.2 Å². The van der Waals surface area contributed by atoms with Gasteiger partial charge in [-0.25, -0.2) is 26.0 Å². The van der Waals surface area contributed by atoms with E-state index in [-0.39, 0.29) is 23.7 Å². The van der Waals surface area contributed by atoms with E-state index in [0.717, 1.165) is 29.8 Å². The summed E-state index contributed by atoms with van der Waals surface area (Å²) in [5, 5.41) is 7.38. The summed E-state index contributed by atoms with van der Waals surface area (Å²) in [6.45, 7) is 1.36. The molecule has 0 radical (unpaired) electrons. The number of sulfonamides is 1. The molecule has 1 atom stereocenters. The molecule has 2 saturated heterocycles. The van der Waals surface area contributed by atoms with Crippen molar-refractivity contribution in [2.45, 2.75) is 43.5 Å². The number of halogens is 2. The lowest BCUT2D eigenvalue weighted by atomic mass is 10.0. The SMILES string of the molecule is O=C(NC1CCN(S(=O)(=O)Cc2ccccc2)CC1)c1cnn2ccc(N3CCC[C@@H]3c3cc(F)ccc3F)cc12. The number of anilines is 1. The minimum absolute atomic E-state index is 0.0423. The van der Waals surface area contributed by atoms with Gasteiger partial charge in [0.15, 0.2) is 0 Å². The van der Waals surface area contributed by atoms with Crippen LogP contribution in [-0.4, -0.2) is 53.9 Å². The van der Waals surface area contributed by atoms with Crippen LogP contribution in [0, 0.1) is 11.6 Å². The number of piperidine rings is 1. The quantitative estimate of drug-likeness (QED) is 0.344. The highest BCUT2D eigenvalue weighted by atomic mass is 32.2. The molecule has 2 aromatic heterocycles. The number of hydrogen-bond acceptors (Lipinski definition) is 5. The van der Waals surface area contributed by atoms with Crippen LogP contribution in [0.15, 0.2) is 73.1 Å². The van der Waals surface area contributed by atoms with Crippen LogP contribution in [0.4, 0.5) is 14.5 Å². The lowest BCUT2D eigenvalue weighted by molar-refractivity contribution is 0.0925. The first kappa shape index (κ1) is 27.3. The highest BCUT2D eigenvalue weighted by molar-refractivity contribution is 7.88. The van der Waals surface area contributed by atoms with Gasteiger partial charge in [-0.1, -0.05) is 30.3 Å². The fourth-order valence-corrected chi connectivity index (χ4v) is 7.47. The van der Waals surface area contributed by atoms with E-state index < -0.39 is 21.7 Å². The van der Waals surface area contributed by atoms with E-state index in [1.807, 2.05) is 35.2 Å². The molecule has 2 fully saturated rings. The van der Waals surface area contributed by atoms with Gasteiger partial charge in [0.1, 0.15) is 11.6 Å². The van der Waals surface area contributed by atoms with Crippen molar-refractivity contribution in [3.63, 3.8) is 0 Å². The molecule has 2 aromatic carbocycles. The molecule has 1 amide bonds. The molecule has 2 aliphatic rings. The van der Waals surface area contributed by atoms with E-state index in [2.05, 4.69) is 10.4 Å². The Morgan fingerprint density at radius 3 is 2.54 bits per heavy atom. The number of amides is 1.